The summed E-state index contributed by atoms with van der Waals surface area (Å²) >= 11 is 0. The van der Waals surface area contributed by atoms with E-state index < -0.39 is 11.7 Å². The monoisotopic (exact) mass is 286 g/mol. The van der Waals surface area contributed by atoms with Crippen molar-refractivity contribution in [3.63, 3.8) is 0 Å². The highest BCUT2D eigenvalue weighted by Crippen LogP contribution is 2.10. The van der Waals surface area contributed by atoms with Crippen LogP contribution in [0.4, 0.5) is 16.2 Å². The van der Waals surface area contributed by atoms with Gasteiger partial charge < -0.3 is 10.5 Å². The number of nitrogens with one attached hydrogen (secondary N) is 1. The number of benzene rings is 2. The quantitative estimate of drug-likeness (QED) is 0.768. The van der Waals surface area contributed by atoms with Gasteiger partial charge in [0.25, 0.3) is 0 Å². The molecule has 0 spiro atoms. The minimum atomic E-state index is -0.459. The predicted molar refractivity (Wildman–Crippen MR) is 87.2 cm³/mol. The van der Waals surface area contributed by atoms with E-state index in [0.29, 0.717) is 0 Å². The fourth-order valence-corrected chi connectivity index (χ4v) is 1.40. The number of hydrogen-bond acceptors (Lipinski definition) is 3. The first-order chi connectivity index (χ1) is 9.87. The number of rotatable bonds is 1. The summed E-state index contributed by atoms with van der Waals surface area (Å²) in [7, 11) is 0. The summed E-state index contributed by atoms with van der Waals surface area (Å²) in [6.07, 6.45) is -0.427. The summed E-state index contributed by atoms with van der Waals surface area (Å²) in [6.45, 7) is 5.49. The molecule has 0 aromatic heterocycles. The maximum atomic E-state index is 11.3. The van der Waals surface area contributed by atoms with Gasteiger partial charge in [-0.1, -0.05) is 36.4 Å². The fraction of sp³-hybridized carbons (Fsp3) is 0.235. The SMILES string of the molecule is CC(C)(C)OC(=O)Nc1ccccc1.Nc1ccccc1. The Morgan fingerprint density at radius 1 is 0.952 bits per heavy atom. The summed E-state index contributed by atoms with van der Waals surface area (Å²) in [5.41, 5.74) is 6.46. The highest BCUT2D eigenvalue weighted by atomic mass is 16.6. The van der Waals surface area contributed by atoms with Crippen molar-refractivity contribution in [3.8, 4) is 0 Å². The van der Waals surface area contributed by atoms with Crippen molar-refractivity contribution in [2.24, 2.45) is 0 Å². The van der Waals surface area contributed by atoms with Crippen molar-refractivity contribution >= 4 is 17.5 Å². The number of nitrogens with two attached hydrogens (primary N) is 1. The Morgan fingerprint density at radius 2 is 1.43 bits per heavy atom. The lowest BCUT2D eigenvalue weighted by atomic mass is 10.2. The molecule has 0 unspecified atom stereocenters. The van der Waals surface area contributed by atoms with Gasteiger partial charge in [0, 0.05) is 11.4 Å². The van der Waals surface area contributed by atoms with E-state index in [0.717, 1.165) is 11.4 Å². The van der Waals surface area contributed by atoms with Crippen LogP contribution in [0.25, 0.3) is 0 Å². The molecule has 2 rings (SSSR count). The molecule has 0 heterocycles. The smallest absolute Gasteiger partial charge is 0.412 e. The van der Waals surface area contributed by atoms with Crippen molar-refractivity contribution in [2.75, 3.05) is 11.1 Å². The topological polar surface area (TPSA) is 64.3 Å². The zero-order valence-electron chi connectivity index (χ0n) is 12.7. The molecule has 21 heavy (non-hydrogen) atoms. The number of carbonyl (C=O) groups is 1. The third-order valence-electron chi connectivity index (χ3n) is 2.22. The number of anilines is 2. The molecule has 0 bridgehead atoms. The maximum Gasteiger partial charge on any atom is 0.412 e. The lowest BCUT2D eigenvalue weighted by molar-refractivity contribution is 0.0636. The van der Waals surface area contributed by atoms with E-state index in [4.69, 9.17) is 10.5 Å². The third kappa shape index (κ3) is 8.31. The molecule has 0 aliphatic heterocycles. The van der Waals surface area contributed by atoms with Crippen molar-refractivity contribution in [3.05, 3.63) is 60.7 Å². The Bertz CT molecular complexity index is 534. The highest BCUT2D eigenvalue weighted by Gasteiger charge is 2.15. The van der Waals surface area contributed by atoms with Gasteiger partial charge in [-0.05, 0) is 45.0 Å². The van der Waals surface area contributed by atoms with Gasteiger partial charge in [0.15, 0.2) is 0 Å². The Labute approximate surface area is 125 Å². The molecule has 0 saturated heterocycles. The van der Waals surface area contributed by atoms with Crippen LogP contribution in [0.2, 0.25) is 0 Å². The average molecular weight is 286 g/mol. The van der Waals surface area contributed by atoms with Gasteiger partial charge in [-0.3, -0.25) is 5.32 Å². The van der Waals surface area contributed by atoms with Gasteiger partial charge in [-0.2, -0.15) is 0 Å². The summed E-state index contributed by atoms with van der Waals surface area (Å²) in [4.78, 5) is 11.3. The summed E-state index contributed by atoms with van der Waals surface area (Å²) < 4.78 is 5.09. The van der Waals surface area contributed by atoms with Gasteiger partial charge in [0.05, 0.1) is 0 Å². The lowest BCUT2D eigenvalue weighted by Crippen LogP contribution is -2.27. The second-order valence-corrected chi connectivity index (χ2v) is 5.40. The molecule has 3 N–H and O–H groups in total. The molecule has 4 heteroatoms. The molecule has 4 nitrogen and oxygen atoms in total. The summed E-state index contributed by atoms with van der Waals surface area (Å²) in [5.74, 6) is 0. The number of nitrogen functional groups attached to an aromatic ring is 1. The van der Waals surface area contributed by atoms with Gasteiger partial charge in [0.2, 0.25) is 0 Å². The highest BCUT2D eigenvalue weighted by molar-refractivity contribution is 5.84. The maximum absolute atomic E-state index is 11.3. The molecule has 2 aromatic carbocycles. The fourth-order valence-electron chi connectivity index (χ4n) is 1.40. The van der Waals surface area contributed by atoms with E-state index in [9.17, 15) is 4.79 Å². The van der Waals surface area contributed by atoms with E-state index in [1.807, 2.05) is 81.4 Å². The van der Waals surface area contributed by atoms with Crippen LogP contribution in [-0.2, 0) is 4.74 Å². The molecule has 1 amide bonds. The molecule has 0 radical (unpaired) electrons. The summed E-state index contributed by atoms with van der Waals surface area (Å²) in [5, 5.41) is 2.64. The van der Waals surface area contributed by atoms with Crippen LogP contribution in [0.1, 0.15) is 20.8 Å². The van der Waals surface area contributed by atoms with Crippen LogP contribution >= 0.6 is 0 Å². The van der Waals surface area contributed by atoms with Crippen LogP contribution in [-0.4, -0.2) is 11.7 Å². The molecule has 0 aliphatic carbocycles. The van der Waals surface area contributed by atoms with E-state index >= 15 is 0 Å². The number of carbonyl (C=O) groups excluding carboxylic acids is 1. The minimum Gasteiger partial charge on any atom is -0.444 e. The second-order valence-electron chi connectivity index (χ2n) is 5.40. The molecule has 112 valence electrons. The van der Waals surface area contributed by atoms with E-state index in [1.54, 1.807) is 0 Å². The number of para-hydroxylation sites is 2. The van der Waals surface area contributed by atoms with E-state index in [2.05, 4.69) is 5.32 Å². The van der Waals surface area contributed by atoms with Crippen LogP contribution in [0.5, 0.6) is 0 Å². The first-order valence-corrected chi connectivity index (χ1v) is 6.72. The summed E-state index contributed by atoms with van der Waals surface area (Å²) in [6, 6.07) is 18.7. The van der Waals surface area contributed by atoms with Crippen molar-refractivity contribution in [2.45, 2.75) is 26.4 Å². The lowest BCUT2D eigenvalue weighted by Gasteiger charge is -2.19. The first-order valence-electron chi connectivity index (χ1n) is 6.72. The molecule has 0 aliphatic rings. The number of hydrogen-bond donors (Lipinski definition) is 2. The Morgan fingerprint density at radius 3 is 1.81 bits per heavy atom. The molecular weight excluding hydrogens is 264 g/mol. The molecule has 0 fully saturated rings. The van der Waals surface area contributed by atoms with Gasteiger partial charge in [-0.15, -0.1) is 0 Å². The molecule has 2 aromatic rings. The van der Waals surface area contributed by atoms with Crippen LogP contribution in [0, 0.1) is 0 Å². The van der Waals surface area contributed by atoms with Gasteiger partial charge in [0.1, 0.15) is 5.60 Å². The van der Waals surface area contributed by atoms with Crippen molar-refractivity contribution in [1.29, 1.82) is 0 Å². The number of ether oxygens (including phenoxy) is 1. The normalized spacial score (nSPS) is 10.0. The molecular formula is C17H22N2O2. The van der Waals surface area contributed by atoms with Crippen LogP contribution < -0.4 is 11.1 Å². The predicted octanol–water partition coefficient (Wildman–Crippen LogP) is 4.30. The first kappa shape index (κ1) is 16.6. The molecule has 0 atom stereocenters. The molecule has 0 saturated carbocycles. The van der Waals surface area contributed by atoms with Crippen molar-refractivity contribution in [1.82, 2.24) is 0 Å². The van der Waals surface area contributed by atoms with Crippen LogP contribution in [0.3, 0.4) is 0 Å². The Kier molecular flexibility index (Phi) is 6.27. The minimum absolute atomic E-state index is 0.427. The van der Waals surface area contributed by atoms with E-state index in [-0.39, 0.29) is 0 Å². The van der Waals surface area contributed by atoms with E-state index in [1.165, 1.54) is 0 Å². The Hall–Kier alpha value is -2.49. The van der Waals surface area contributed by atoms with Gasteiger partial charge >= 0.3 is 6.09 Å². The number of amides is 1. The largest absolute Gasteiger partial charge is 0.444 e. The Balaban J connectivity index is 0.000000262. The van der Waals surface area contributed by atoms with Crippen LogP contribution in [0.15, 0.2) is 60.7 Å². The van der Waals surface area contributed by atoms with Gasteiger partial charge in [-0.25, -0.2) is 4.79 Å². The average Bonchev–Trinajstić information content (AvgIpc) is 2.39. The zero-order valence-corrected chi connectivity index (χ0v) is 12.7. The second kappa shape index (κ2) is 7.94. The van der Waals surface area contributed by atoms with Crippen molar-refractivity contribution < 1.29 is 9.53 Å². The third-order valence-corrected chi connectivity index (χ3v) is 2.22. The standard InChI is InChI=1S/C11H15NO2.C6H7N/c1-11(2,3)14-10(13)12-9-7-5-4-6-8-9;7-6-4-2-1-3-5-6/h4-8H,1-3H3,(H,12,13);1-5H,7H2. The zero-order chi connectivity index (χ0) is 15.7.